The van der Waals surface area contributed by atoms with Crippen molar-refractivity contribution in [3.8, 4) is 5.75 Å². The van der Waals surface area contributed by atoms with Gasteiger partial charge in [0.25, 0.3) is 5.91 Å². The number of aromatic nitrogens is 1. The molecule has 1 aliphatic heterocycles. The molecule has 0 bridgehead atoms. The van der Waals surface area contributed by atoms with Gasteiger partial charge in [0.15, 0.2) is 0 Å². The first-order chi connectivity index (χ1) is 14.1. The highest BCUT2D eigenvalue weighted by molar-refractivity contribution is 5.92. The molecule has 1 aliphatic carbocycles. The van der Waals surface area contributed by atoms with E-state index in [1.807, 2.05) is 36.2 Å². The summed E-state index contributed by atoms with van der Waals surface area (Å²) in [6.07, 6.45) is 7.93. The molecule has 0 spiro atoms. The van der Waals surface area contributed by atoms with Crippen molar-refractivity contribution in [2.45, 2.75) is 38.1 Å². The minimum absolute atomic E-state index is 0.164. The molecule has 29 heavy (non-hydrogen) atoms. The number of methoxy groups -OCH3 is 1. The monoisotopic (exact) mass is 395 g/mol. The molecule has 2 aliphatic rings. The number of carbonyl (C=O) groups excluding carboxylic acids is 1. The summed E-state index contributed by atoms with van der Waals surface area (Å²) < 4.78 is 7.41. The number of piperidine rings is 1. The van der Waals surface area contributed by atoms with Gasteiger partial charge in [-0.1, -0.05) is 12.1 Å². The lowest BCUT2D eigenvalue weighted by molar-refractivity contribution is 0.0720. The fourth-order valence-electron chi connectivity index (χ4n) is 4.49. The number of likely N-dealkylation sites (tertiary alicyclic amines) is 1. The van der Waals surface area contributed by atoms with Crippen LogP contribution in [0.5, 0.6) is 5.75 Å². The second-order valence-electron chi connectivity index (χ2n) is 8.62. The first-order valence-electron chi connectivity index (χ1n) is 10.9. The van der Waals surface area contributed by atoms with Gasteiger partial charge in [-0.2, -0.15) is 0 Å². The lowest BCUT2D eigenvalue weighted by Gasteiger charge is -2.34. The maximum atomic E-state index is 13.0. The number of amides is 1. The summed E-state index contributed by atoms with van der Waals surface area (Å²) in [5, 5.41) is 0. The highest BCUT2D eigenvalue weighted by atomic mass is 16.5. The first-order valence-corrected chi connectivity index (χ1v) is 10.9. The van der Waals surface area contributed by atoms with E-state index in [1.165, 1.54) is 31.2 Å². The van der Waals surface area contributed by atoms with Crippen molar-refractivity contribution in [3.05, 3.63) is 53.9 Å². The van der Waals surface area contributed by atoms with Crippen molar-refractivity contribution in [3.63, 3.8) is 0 Å². The molecule has 0 N–H and O–H groups in total. The summed E-state index contributed by atoms with van der Waals surface area (Å²) >= 11 is 0. The number of hydrogen-bond acceptors (Lipinski definition) is 3. The molecule has 5 nitrogen and oxygen atoms in total. The van der Waals surface area contributed by atoms with Crippen LogP contribution in [0.25, 0.3) is 0 Å². The molecule has 0 unspecified atom stereocenters. The van der Waals surface area contributed by atoms with E-state index >= 15 is 0 Å². The maximum absolute atomic E-state index is 13.0. The van der Waals surface area contributed by atoms with Crippen molar-refractivity contribution in [1.82, 2.24) is 14.4 Å². The zero-order valence-electron chi connectivity index (χ0n) is 17.7. The smallest absolute Gasteiger partial charge is 0.270 e. The Bertz CT molecular complexity index is 810. The summed E-state index contributed by atoms with van der Waals surface area (Å²) in [7, 11) is 3.66. The molecule has 1 aromatic carbocycles. The Kier molecular flexibility index (Phi) is 6.24. The van der Waals surface area contributed by atoms with Crippen molar-refractivity contribution < 1.29 is 9.53 Å². The van der Waals surface area contributed by atoms with E-state index in [0.29, 0.717) is 12.0 Å². The number of benzene rings is 1. The minimum atomic E-state index is 0.164. The molecule has 1 aromatic heterocycles. The molecule has 0 radical (unpaired) electrons. The Balaban J connectivity index is 1.27. The quantitative estimate of drug-likeness (QED) is 0.681. The van der Waals surface area contributed by atoms with E-state index in [1.54, 1.807) is 7.11 Å². The Morgan fingerprint density at radius 3 is 2.69 bits per heavy atom. The summed E-state index contributed by atoms with van der Waals surface area (Å²) in [6, 6.07) is 12.9. The summed E-state index contributed by atoms with van der Waals surface area (Å²) in [5.41, 5.74) is 2.20. The van der Waals surface area contributed by atoms with E-state index in [-0.39, 0.29) is 5.91 Å². The van der Waals surface area contributed by atoms with E-state index in [2.05, 4.69) is 27.8 Å². The third-order valence-electron chi connectivity index (χ3n) is 6.30. The standard InChI is InChI=1S/C24H33N3O2/c1-25(24(28)23-6-4-15-27(23)21-9-10-21)17-20-5-3-14-26(18-20)16-13-19-7-11-22(29-2)12-8-19/h4,6-8,11-12,15,20-21H,3,5,9-10,13-14,16-18H2,1-2H3/t20-/m1/s1. The van der Waals surface area contributed by atoms with Crippen LogP contribution in [0.1, 0.15) is 47.8 Å². The van der Waals surface area contributed by atoms with E-state index < -0.39 is 0 Å². The molecule has 4 rings (SSSR count). The number of ether oxygens (including phenoxy) is 1. The predicted octanol–water partition coefficient (Wildman–Crippen LogP) is 3.86. The second kappa shape index (κ2) is 9.04. The Morgan fingerprint density at radius 2 is 1.97 bits per heavy atom. The van der Waals surface area contributed by atoms with Crippen LogP contribution in [0.4, 0.5) is 0 Å². The normalized spacial score (nSPS) is 19.9. The van der Waals surface area contributed by atoms with Crippen molar-refractivity contribution in [2.75, 3.05) is 40.3 Å². The molecule has 156 valence electrons. The number of hydrogen-bond donors (Lipinski definition) is 0. The number of nitrogens with zero attached hydrogens (tertiary/aromatic N) is 3. The lowest BCUT2D eigenvalue weighted by atomic mass is 9.97. The van der Waals surface area contributed by atoms with Crippen LogP contribution >= 0.6 is 0 Å². The maximum Gasteiger partial charge on any atom is 0.270 e. The van der Waals surface area contributed by atoms with Gasteiger partial charge in [-0.15, -0.1) is 0 Å². The summed E-state index contributed by atoms with van der Waals surface area (Å²) in [6.45, 7) is 4.16. The Morgan fingerprint density at radius 1 is 1.17 bits per heavy atom. The van der Waals surface area contributed by atoms with E-state index in [9.17, 15) is 4.79 Å². The van der Waals surface area contributed by atoms with Gasteiger partial charge in [-0.25, -0.2) is 0 Å². The molecular weight excluding hydrogens is 362 g/mol. The summed E-state index contributed by atoms with van der Waals surface area (Å²) in [4.78, 5) is 17.5. The molecule has 1 amide bonds. The van der Waals surface area contributed by atoms with Gasteiger partial charge < -0.3 is 19.1 Å². The molecule has 2 heterocycles. The zero-order valence-corrected chi connectivity index (χ0v) is 17.7. The number of carbonyl (C=O) groups is 1. The molecule has 5 heteroatoms. The van der Waals surface area contributed by atoms with E-state index in [0.717, 1.165) is 44.0 Å². The largest absolute Gasteiger partial charge is 0.497 e. The average Bonchev–Trinajstić information content (AvgIpc) is 3.48. The van der Waals surface area contributed by atoms with Crippen molar-refractivity contribution in [1.29, 1.82) is 0 Å². The molecule has 1 atom stereocenters. The predicted molar refractivity (Wildman–Crippen MR) is 116 cm³/mol. The fraction of sp³-hybridized carbons (Fsp3) is 0.542. The topological polar surface area (TPSA) is 37.7 Å². The minimum Gasteiger partial charge on any atom is -0.497 e. The van der Waals surface area contributed by atoms with Crippen molar-refractivity contribution >= 4 is 5.91 Å². The van der Waals surface area contributed by atoms with Crippen molar-refractivity contribution in [2.24, 2.45) is 5.92 Å². The van der Waals surface area contributed by atoms with Gasteiger partial charge >= 0.3 is 0 Å². The van der Waals surface area contributed by atoms with Crippen LogP contribution < -0.4 is 4.74 Å². The highest BCUT2D eigenvalue weighted by Crippen LogP contribution is 2.36. The van der Waals surface area contributed by atoms with Crippen LogP contribution in [-0.2, 0) is 6.42 Å². The van der Waals surface area contributed by atoms with Gasteiger partial charge in [-0.05, 0) is 74.4 Å². The molecular formula is C24H33N3O2. The zero-order chi connectivity index (χ0) is 20.2. The number of rotatable bonds is 8. The van der Waals surface area contributed by atoms with Crippen LogP contribution in [0.15, 0.2) is 42.6 Å². The molecule has 2 aromatic rings. The van der Waals surface area contributed by atoms with E-state index in [4.69, 9.17) is 4.74 Å². The molecule has 1 saturated carbocycles. The SMILES string of the molecule is COc1ccc(CCN2CCC[C@H](CN(C)C(=O)c3cccn3C3CC3)C2)cc1. The van der Waals surface area contributed by atoms with Gasteiger partial charge in [0.2, 0.25) is 0 Å². The van der Waals surface area contributed by atoms with Gasteiger partial charge in [-0.3, -0.25) is 4.79 Å². The first kappa shape index (κ1) is 20.0. The van der Waals surface area contributed by atoms with Gasteiger partial charge in [0.05, 0.1) is 7.11 Å². The second-order valence-corrected chi connectivity index (χ2v) is 8.62. The summed E-state index contributed by atoms with van der Waals surface area (Å²) in [5.74, 6) is 1.63. The van der Waals surface area contributed by atoms with Crippen LogP contribution in [0.2, 0.25) is 0 Å². The van der Waals surface area contributed by atoms with Crippen LogP contribution in [0, 0.1) is 5.92 Å². The van der Waals surface area contributed by atoms with Gasteiger partial charge in [0.1, 0.15) is 11.4 Å². The van der Waals surface area contributed by atoms with Gasteiger partial charge in [0, 0.05) is 38.9 Å². The Hall–Kier alpha value is -2.27. The van der Waals surface area contributed by atoms with Crippen LogP contribution in [0.3, 0.4) is 0 Å². The fourth-order valence-corrected chi connectivity index (χ4v) is 4.49. The molecule has 2 fully saturated rings. The highest BCUT2D eigenvalue weighted by Gasteiger charge is 2.29. The van der Waals surface area contributed by atoms with Crippen LogP contribution in [-0.4, -0.2) is 60.6 Å². The lowest BCUT2D eigenvalue weighted by Crippen LogP contribution is -2.42. The molecule has 1 saturated heterocycles. The third kappa shape index (κ3) is 5.02. The Labute approximate surface area is 174 Å². The third-order valence-corrected chi connectivity index (χ3v) is 6.30. The average molecular weight is 396 g/mol.